The summed E-state index contributed by atoms with van der Waals surface area (Å²) < 4.78 is 41.1. The molecular weight excluding hydrogens is 367 g/mol. The van der Waals surface area contributed by atoms with Gasteiger partial charge in [0.2, 0.25) is 0 Å². The van der Waals surface area contributed by atoms with E-state index >= 15 is 0 Å². The highest BCUT2D eigenvalue weighted by Gasteiger charge is 2.35. The van der Waals surface area contributed by atoms with Crippen LogP contribution >= 0.6 is 15.9 Å². The monoisotopic (exact) mass is 379 g/mol. The minimum absolute atomic E-state index is 0.131. The molecule has 0 aliphatic carbocycles. The van der Waals surface area contributed by atoms with Crippen LogP contribution in [0.15, 0.2) is 16.7 Å². The summed E-state index contributed by atoms with van der Waals surface area (Å²) >= 11 is 3.31. The van der Waals surface area contributed by atoms with E-state index in [0.717, 1.165) is 20.9 Å². The number of hydrogen-bond acceptors (Lipinski definition) is 3. The predicted molar refractivity (Wildman–Crippen MR) is 74.9 cm³/mol. The molecule has 2 heterocycles. The molecule has 0 aliphatic heterocycles. The lowest BCUT2D eigenvalue weighted by atomic mass is 10.3. The quantitative estimate of drug-likeness (QED) is 0.821. The number of aromatic nitrogens is 4. The van der Waals surface area contributed by atoms with Crippen molar-refractivity contribution >= 4 is 21.8 Å². The first-order chi connectivity index (χ1) is 10.1. The van der Waals surface area contributed by atoms with Crippen molar-refractivity contribution < 1.29 is 18.0 Å². The molecule has 0 radical (unpaired) electrons. The number of halogens is 4. The second kappa shape index (κ2) is 5.75. The van der Waals surface area contributed by atoms with Crippen molar-refractivity contribution in [2.24, 2.45) is 14.1 Å². The van der Waals surface area contributed by atoms with Crippen LogP contribution in [0.5, 0.6) is 0 Å². The lowest BCUT2D eigenvalue weighted by molar-refractivity contribution is -0.141. The van der Waals surface area contributed by atoms with E-state index in [1.807, 2.05) is 0 Å². The highest BCUT2D eigenvalue weighted by molar-refractivity contribution is 9.10. The van der Waals surface area contributed by atoms with Gasteiger partial charge >= 0.3 is 6.18 Å². The zero-order valence-corrected chi connectivity index (χ0v) is 13.6. The van der Waals surface area contributed by atoms with E-state index in [0.29, 0.717) is 0 Å². The normalized spacial score (nSPS) is 11.8. The molecule has 2 rings (SSSR count). The summed E-state index contributed by atoms with van der Waals surface area (Å²) in [5.74, 6) is -0.557. The molecule has 0 N–H and O–H groups in total. The highest BCUT2D eigenvalue weighted by atomic mass is 79.9. The van der Waals surface area contributed by atoms with Gasteiger partial charge < -0.3 is 4.90 Å². The highest BCUT2D eigenvalue weighted by Crippen LogP contribution is 2.28. The van der Waals surface area contributed by atoms with Gasteiger partial charge in [-0.25, -0.2) is 0 Å². The van der Waals surface area contributed by atoms with E-state index in [2.05, 4.69) is 26.1 Å². The maximum Gasteiger partial charge on any atom is 0.435 e. The average molecular weight is 380 g/mol. The zero-order chi connectivity index (χ0) is 16.7. The molecule has 0 atom stereocenters. The lowest BCUT2D eigenvalue weighted by Crippen LogP contribution is -2.29. The van der Waals surface area contributed by atoms with Crippen LogP contribution < -0.4 is 0 Å². The van der Waals surface area contributed by atoms with Crippen molar-refractivity contribution in [3.8, 4) is 0 Å². The summed E-state index contributed by atoms with van der Waals surface area (Å²) in [5, 5.41) is 7.36. The van der Waals surface area contributed by atoms with E-state index in [-0.39, 0.29) is 12.2 Å². The average Bonchev–Trinajstić information content (AvgIpc) is 2.95. The number of carbonyl (C=O) groups excluding carboxylic acids is 1. The zero-order valence-electron chi connectivity index (χ0n) is 12.0. The molecule has 10 heteroatoms. The fourth-order valence-corrected chi connectivity index (χ4v) is 2.39. The van der Waals surface area contributed by atoms with Gasteiger partial charge in [0, 0.05) is 27.2 Å². The summed E-state index contributed by atoms with van der Waals surface area (Å²) in [5.41, 5.74) is -0.490. The molecule has 2 aromatic heterocycles. The molecule has 0 saturated heterocycles. The summed E-state index contributed by atoms with van der Waals surface area (Å²) in [7, 11) is 4.52. The minimum Gasteiger partial charge on any atom is -0.334 e. The number of aryl methyl sites for hydroxylation is 2. The van der Waals surface area contributed by atoms with Gasteiger partial charge in [-0.05, 0) is 15.9 Å². The first-order valence-electron chi connectivity index (χ1n) is 6.14. The summed E-state index contributed by atoms with van der Waals surface area (Å²) in [4.78, 5) is 13.6. The molecule has 6 nitrogen and oxygen atoms in total. The van der Waals surface area contributed by atoms with Crippen molar-refractivity contribution in [2.45, 2.75) is 12.7 Å². The molecule has 1 amide bonds. The standard InChI is InChI=1S/C12H13BrF3N5O/c1-19(6-9-7(13)5-17-20(9)2)11(22)8-4-10(12(14,15)16)18-21(8)3/h4-5H,6H2,1-3H3. The van der Waals surface area contributed by atoms with E-state index in [4.69, 9.17) is 0 Å². The Balaban J connectivity index is 2.23. The Labute approximate surface area is 132 Å². The number of carbonyl (C=O) groups is 1. The Morgan fingerprint density at radius 3 is 2.45 bits per heavy atom. The lowest BCUT2D eigenvalue weighted by Gasteiger charge is -2.17. The molecule has 0 bridgehead atoms. The maximum absolute atomic E-state index is 12.6. The Hall–Kier alpha value is -1.84. The molecule has 0 spiro atoms. The summed E-state index contributed by atoms with van der Waals surface area (Å²) in [6.07, 6.45) is -3.00. The number of nitrogens with zero attached hydrogens (tertiary/aromatic N) is 5. The SMILES string of the molecule is CN(Cc1c(Br)cnn1C)C(=O)c1cc(C(F)(F)F)nn1C. The first-order valence-corrected chi connectivity index (χ1v) is 6.93. The number of alkyl halides is 3. The van der Waals surface area contributed by atoms with Crippen molar-refractivity contribution in [3.63, 3.8) is 0 Å². The van der Waals surface area contributed by atoms with Crippen molar-refractivity contribution in [1.29, 1.82) is 0 Å². The van der Waals surface area contributed by atoms with Crippen LogP contribution in [0.4, 0.5) is 13.2 Å². The minimum atomic E-state index is -4.58. The van der Waals surface area contributed by atoms with Crippen LogP contribution in [0, 0.1) is 0 Å². The number of hydrogen-bond donors (Lipinski definition) is 0. The third-order valence-electron chi connectivity index (χ3n) is 3.13. The smallest absolute Gasteiger partial charge is 0.334 e. The van der Waals surface area contributed by atoms with Crippen molar-refractivity contribution in [2.75, 3.05) is 7.05 Å². The Bertz CT molecular complexity index is 687. The molecule has 2 aromatic rings. The third-order valence-corrected chi connectivity index (χ3v) is 3.80. The van der Waals surface area contributed by atoms with E-state index < -0.39 is 17.8 Å². The van der Waals surface area contributed by atoms with E-state index in [1.54, 1.807) is 17.9 Å². The first kappa shape index (κ1) is 16.5. The topological polar surface area (TPSA) is 56.0 Å². The van der Waals surface area contributed by atoms with Crippen molar-refractivity contribution in [1.82, 2.24) is 24.5 Å². The molecule has 0 aliphatic rings. The number of amides is 1. The van der Waals surface area contributed by atoms with Crippen LogP contribution in [0.25, 0.3) is 0 Å². The molecule has 0 saturated carbocycles. The molecule has 0 fully saturated rings. The Morgan fingerprint density at radius 1 is 1.36 bits per heavy atom. The number of rotatable bonds is 3. The fraction of sp³-hybridized carbons (Fsp3) is 0.417. The van der Waals surface area contributed by atoms with Crippen molar-refractivity contribution in [3.05, 3.63) is 33.8 Å². The third kappa shape index (κ3) is 3.16. The van der Waals surface area contributed by atoms with Crippen LogP contribution in [0.3, 0.4) is 0 Å². The van der Waals surface area contributed by atoms with E-state index in [9.17, 15) is 18.0 Å². The maximum atomic E-state index is 12.6. The summed E-state index contributed by atoms with van der Waals surface area (Å²) in [6.45, 7) is 0.197. The summed E-state index contributed by atoms with van der Waals surface area (Å²) in [6, 6.07) is 0.747. The molecule has 120 valence electrons. The second-order valence-electron chi connectivity index (χ2n) is 4.76. The fourth-order valence-electron chi connectivity index (χ4n) is 1.91. The van der Waals surface area contributed by atoms with Gasteiger partial charge in [-0.3, -0.25) is 14.2 Å². The van der Waals surface area contributed by atoms with Crippen LogP contribution in [0.2, 0.25) is 0 Å². The largest absolute Gasteiger partial charge is 0.435 e. The van der Waals surface area contributed by atoms with Gasteiger partial charge in [-0.2, -0.15) is 23.4 Å². The Morgan fingerprint density at radius 2 is 2.00 bits per heavy atom. The van der Waals surface area contributed by atoms with Gasteiger partial charge in [0.25, 0.3) is 5.91 Å². The van der Waals surface area contributed by atoms with Gasteiger partial charge in [-0.1, -0.05) is 0 Å². The van der Waals surface area contributed by atoms with Gasteiger partial charge in [0.1, 0.15) is 5.69 Å². The van der Waals surface area contributed by atoms with Gasteiger partial charge in [0.15, 0.2) is 5.69 Å². The molecular formula is C12H13BrF3N5O. The van der Waals surface area contributed by atoms with Crippen LogP contribution in [-0.4, -0.2) is 37.4 Å². The molecule has 0 aromatic carbocycles. The van der Waals surface area contributed by atoms with Crippen LogP contribution in [-0.2, 0) is 26.8 Å². The second-order valence-corrected chi connectivity index (χ2v) is 5.61. The van der Waals surface area contributed by atoms with E-state index in [1.165, 1.54) is 19.0 Å². The predicted octanol–water partition coefficient (Wildman–Crippen LogP) is 2.21. The van der Waals surface area contributed by atoms with Gasteiger partial charge in [0.05, 0.1) is 22.9 Å². The Kier molecular flexibility index (Phi) is 4.32. The van der Waals surface area contributed by atoms with Gasteiger partial charge in [-0.15, -0.1) is 0 Å². The van der Waals surface area contributed by atoms with Crippen LogP contribution in [0.1, 0.15) is 21.9 Å². The molecule has 0 unspecified atom stereocenters. The molecule has 22 heavy (non-hydrogen) atoms.